The standard InChI is InChI=1S/C24H21Cl2NO4/c1-24(2)11-19-22(20(28)12-24)15(14-5-3-4-6-17(14)25)10-21(29)27(19)13-7-8-18(26)16(9-13)23(30)31/h3-9,15H,10-12H2,1-2H3,(H,30,31). The number of Topliss-reactive ketones (excluding diaryl/α,β-unsaturated/α-hetero) is 1. The van der Waals surface area contributed by atoms with Crippen LogP contribution in [0.5, 0.6) is 0 Å². The Kier molecular flexibility index (Phi) is 5.44. The number of benzene rings is 2. The highest BCUT2D eigenvalue weighted by molar-refractivity contribution is 6.33. The molecule has 1 amide bonds. The molecule has 2 aromatic carbocycles. The number of amides is 1. The van der Waals surface area contributed by atoms with E-state index in [1.807, 2.05) is 32.0 Å². The summed E-state index contributed by atoms with van der Waals surface area (Å²) in [6.07, 6.45) is 0.946. The highest BCUT2D eigenvalue weighted by Crippen LogP contribution is 2.49. The number of nitrogens with zero attached hydrogens (tertiary/aromatic N) is 1. The first-order valence-corrected chi connectivity index (χ1v) is 10.7. The van der Waals surface area contributed by atoms with Gasteiger partial charge in [-0.15, -0.1) is 0 Å². The molecule has 31 heavy (non-hydrogen) atoms. The van der Waals surface area contributed by atoms with Crippen molar-refractivity contribution in [2.24, 2.45) is 5.41 Å². The lowest BCUT2D eigenvalue weighted by Gasteiger charge is -2.43. The van der Waals surface area contributed by atoms with E-state index in [0.717, 1.165) is 5.56 Å². The minimum Gasteiger partial charge on any atom is -0.478 e. The molecule has 0 aromatic heterocycles. The zero-order valence-electron chi connectivity index (χ0n) is 17.1. The number of hydrogen-bond donors (Lipinski definition) is 1. The molecule has 0 spiro atoms. The fraction of sp³-hybridized carbons (Fsp3) is 0.292. The van der Waals surface area contributed by atoms with Crippen molar-refractivity contribution in [2.45, 2.75) is 39.0 Å². The Bertz CT molecular complexity index is 1150. The van der Waals surface area contributed by atoms with Gasteiger partial charge < -0.3 is 5.11 Å². The molecule has 0 radical (unpaired) electrons. The molecule has 0 fully saturated rings. The normalized spacial score (nSPS) is 20.6. The van der Waals surface area contributed by atoms with E-state index in [9.17, 15) is 19.5 Å². The Morgan fingerprint density at radius 3 is 2.45 bits per heavy atom. The molecule has 0 saturated heterocycles. The van der Waals surface area contributed by atoms with Crippen molar-refractivity contribution in [3.8, 4) is 0 Å². The van der Waals surface area contributed by atoms with Gasteiger partial charge in [0.2, 0.25) is 5.91 Å². The maximum Gasteiger partial charge on any atom is 0.337 e. The molecule has 1 unspecified atom stereocenters. The van der Waals surface area contributed by atoms with Crippen molar-refractivity contribution in [1.82, 2.24) is 0 Å². The van der Waals surface area contributed by atoms with E-state index in [4.69, 9.17) is 23.2 Å². The lowest BCUT2D eigenvalue weighted by atomic mass is 9.69. The molecule has 5 nitrogen and oxygen atoms in total. The van der Waals surface area contributed by atoms with Gasteiger partial charge in [-0.25, -0.2) is 4.79 Å². The summed E-state index contributed by atoms with van der Waals surface area (Å²) in [6, 6.07) is 11.7. The summed E-state index contributed by atoms with van der Waals surface area (Å²) in [6.45, 7) is 3.97. The van der Waals surface area contributed by atoms with E-state index in [0.29, 0.717) is 34.8 Å². The average Bonchev–Trinajstić information content (AvgIpc) is 2.67. The molecule has 160 valence electrons. The van der Waals surface area contributed by atoms with E-state index in [1.54, 1.807) is 12.1 Å². The number of rotatable bonds is 3. The Morgan fingerprint density at radius 2 is 1.77 bits per heavy atom. The molecule has 2 aromatic rings. The molecule has 1 heterocycles. The highest BCUT2D eigenvalue weighted by Gasteiger charge is 2.44. The number of allylic oxidation sites excluding steroid dienone is 2. The summed E-state index contributed by atoms with van der Waals surface area (Å²) < 4.78 is 0. The van der Waals surface area contributed by atoms with Crippen LogP contribution in [0.25, 0.3) is 0 Å². The second-order valence-corrected chi connectivity index (χ2v) is 9.59. The van der Waals surface area contributed by atoms with Gasteiger partial charge in [0, 0.05) is 40.7 Å². The van der Waals surface area contributed by atoms with Gasteiger partial charge >= 0.3 is 5.97 Å². The lowest BCUT2D eigenvalue weighted by molar-refractivity contribution is -0.121. The van der Waals surface area contributed by atoms with Gasteiger partial charge in [-0.3, -0.25) is 14.5 Å². The molecule has 0 saturated carbocycles. The lowest BCUT2D eigenvalue weighted by Crippen LogP contribution is -2.43. The van der Waals surface area contributed by atoms with E-state index in [1.165, 1.54) is 17.0 Å². The van der Waals surface area contributed by atoms with Crippen LogP contribution in [0, 0.1) is 5.41 Å². The molecule has 1 aliphatic carbocycles. The number of halogens is 2. The van der Waals surface area contributed by atoms with Crippen molar-refractivity contribution in [3.63, 3.8) is 0 Å². The van der Waals surface area contributed by atoms with Gasteiger partial charge in [-0.1, -0.05) is 55.2 Å². The molecule has 0 bridgehead atoms. The maximum atomic E-state index is 13.4. The largest absolute Gasteiger partial charge is 0.478 e. The Balaban J connectivity index is 1.93. The van der Waals surface area contributed by atoms with E-state index in [-0.39, 0.29) is 34.1 Å². The predicted octanol–water partition coefficient (Wildman–Crippen LogP) is 5.86. The van der Waals surface area contributed by atoms with Crippen molar-refractivity contribution >= 4 is 46.5 Å². The van der Waals surface area contributed by atoms with Crippen LogP contribution < -0.4 is 4.90 Å². The van der Waals surface area contributed by atoms with Gasteiger partial charge in [0.25, 0.3) is 0 Å². The molecular weight excluding hydrogens is 437 g/mol. The first kappa shape index (κ1) is 21.6. The highest BCUT2D eigenvalue weighted by atomic mass is 35.5. The van der Waals surface area contributed by atoms with Crippen LogP contribution in [0.1, 0.15) is 54.9 Å². The number of carboxylic acids is 1. The number of aromatic carboxylic acids is 1. The van der Waals surface area contributed by atoms with Gasteiger partial charge in [-0.2, -0.15) is 0 Å². The van der Waals surface area contributed by atoms with Crippen LogP contribution in [0.4, 0.5) is 5.69 Å². The van der Waals surface area contributed by atoms with Crippen LogP contribution in [-0.2, 0) is 9.59 Å². The molecule has 7 heteroatoms. The Labute approximate surface area is 190 Å². The smallest absolute Gasteiger partial charge is 0.337 e. The van der Waals surface area contributed by atoms with Gasteiger partial charge in [-0.05, 0) is 41.7 Å². The minimum atomic E-state index is -1.18. The van der Waals surface area contributed by atoms with E-state index < -0.39 is 11.9 Å². The van der Waals surface area contributed by atoms with Crippen LogP contribution in [0.3, 0.4) is 0 Å². The van der Waals surface area contributed by atoms with Crippen LogP contribution >= 0.6 is 23.2 Å². The van der Waals surface area contributed by atoms with Crippen LogP contribution in [0.15, 0.2) is 53.7 Å². The van der Waals surface area contributed by atoms with Crippen molar-refractivity contribution < 1.29 is 19.5 Å². The molecule has 4 rings (SSSR count). The van der Waals surface area contributed by atoms with Gasteiger partial charge in [0.05, 0.1) is 10.6 Å². The zero-order valence-corrected chi connectivity index (χ0v) is 18.6. The molecular formula is C24H21Cl2NO4. The summed E-state index contributed by atoms with van der Waals surface area (Å²) >= 11 is 12.5. The van der Waals surface area contributed by atoms with Crippen LogP contribution in [0.2, 0.25) is 10.0 Å². The summed E-state index contributed by atoms with van der Waals surface area (Å²) in [5.41, 5.74) is 1.91. The Morgan fingerprint density at radius 1 is 1.06 bits per heavy atom. The van der Waals surface area contributed by atoms with Crippen molar-refractivity contribution in [1.29, 1.82) is 0 Å². The average molecular weight is 458 g/mol. The number of hydrogen-bond acceptors (Lipinski definition) is 3. The zero-order chi connectivity index (χ0) is 22.5. The minimum absolute atomic E-state index is 0.0129. The summed E-state index contributed by atoms with van der Waals surface area (Å²) in [4.78, 5) is 39.8. The first-order chi connectivity index (χ1) is 14.6. The monoisotopic (exact) mass is 457 g/mol. The number of carbonyl (C=O) groups is 3. The van der Waals surface area contributed by atoms with Gasteiger partial charge in [0.1, 0.15) is 0 Å². The summed E-state index contributed by atoms with van der Waals surface area (Å²) in [7, 11) is 0. The summed E-state index contributed by atoms with van der Waals surface area (Å²) in [5.74, 6) is -1.84. The number of ketones is 1. The topological polar surface area (TPSA) is 74.7 Å². The third kappa shape index (κ3) is 3.88. The SMILES string of the molecule is CC1(C)CC(=O)C2=C(C1)N(c1ccc(Cl)c(C(=O)O)c1)C(=O)CC2c1ccccc1Cl. The first-order valence-electron chi connectivity index (χ1n) is 9.95. The maximum absolute atomic E-state index is 13.4. The molecule has 1 atom stereocenters. The second kappa shape index (κ2) is 7.81. The third-order valence-corrected chi connectivity index (χ3v) is 6.54. The number of carbonyl (C=O) groups excluding carboxylic acids is 2. The quantitative estimate of drug-likeness (QED) is 0.626. The fourth-order valence-corrected chi connectivity index (χ4v) is 5.02. The number of anilines is 1. The van der Waals surface area contributed by atoms with Gasteiger partial charge in [0.15, 0.2) is 5.78 Å². The van der Waals surface area contributed by atoms with E-state index >= 15 is 0 Å². The third-order valence-electron chi connectivity index (χ3n) is 5.86. The number of carboxylic acid groups (broad SMARTS) is 1. The van der Waals surface area contributed by atoms with Crippen molar-refractivity contribution in [2.75, 3.05) is 4.90 Å². The van der Waals surface area contributed by atoms with Crippen LogP contribution in [-0.4, -0.2) is 22.8 Å². The second-order valence-electron chi connectivity index (χ2n) is 8.78. The molecule has 2 aliphatic rings. The molecule has 1 N–H and O–H groups in total. The predicted molar refractivity (Wildman–Crippen MR) is 120 cm³/mol. The molecule has 1 aliphatic heterocycles. The Hall–Kier alpha value is -2.63. The fourth-order valence-electron chi connectivity index (χ4n) is 4.55. The van der Waals surface area contributed by atoms with Crippen molar-refractivity contribution in [3.05, 3.63) is 74.9 Å². The van der Waals surface area contributed by atoms with E-state index in [2.05, 4.69) is 0 Å². The summed E-state index contributed by atoms with van der Waals surface area (Å²) in [5, 5.41) is 10.1.